The van der Waals surface area contributed by atoms with Crippen molar-refractivity contribution in [3.05, 3.63) is 60.7 Å². The van der Waals surface area contributed by atoms with Gasteiger partial charge in [-0.2, -0.15) is 0 Å². The Morgan fingerprint density at radius 2 is 1.52 bits per heavy atom. The summed E-state index contributed by atoms with van der Waals surface area (Å²) in [6, 6.07) is 17.3. The molecule has 0 aliphatic heterocycles. The zero-order chi connectivity index (χ0) is 22.8. The van der Waals surface area contributed by atoms with E-state index in [-0.39, 0.29) is 16.7 Å². The number of hydrogen-bond donors (Lipinski definition) is 2. The lowest BCUT2D eigenvalue weighted by Gasteiger charge is -2.20. The van der Waals surface area contributed by atoms with Crippen LogP contribution in [-0.4, -0.2) is 34.3 Å². The number of benzene rings is 3. The fraction of sp³-hybridized carbons (Fsp3) is 0.261. The number of rotatable bonds is 7. The van der Waals surface area contributed by atoms with Gasteiger partial charge in [0.25, 0.3) is 10.0 Å². The van der Waals surface area contributed by atoms with Gasteiger partial charge in [0.15, 0.2) is 0 Å². The van der Waals surface area contributed by atoms with Gasteiger partial charge >= 0.3 is 0 Å². The van der Waals surface area contributed by atoms with Crippen molar-refractivity contribution in [2.75, 3.05) is 34.9 Å². The Kier molecular flexibility index (Phi) is 6.48. The SMILES string of the molecule is CN(C)c1cccc2c(S(=O)(=O)Nc3ccc(NC(=O)C(C)(C)CCl)cc3)cccc12. The van der Waals surface area contributed by atoms with E-state index in [1.54, 1.807) is 56.3 Å². The predicted molar refractivity (Wildman–Crippen MR) is 129 cm³/mol. The summed E-state index contributed by atoms with van der Waals surface area (Å²) in [6.45, 7) is 3.51. The van der Waals surface area contributed by atoms with Crippen LogP contribution in [0.25, 0.3) is 10.8 Å². The largest absolute Gasteiger partial charge is 0.377 e. The zero-order valence-corrected chi connectivity index (χ0v) is 19.5. The molecule has 3 rings (SSSR count). The predicted octanol–water partition coefficient (Wildman–Crippen LogP) is 4.91. The van der Waals surface area contributed by atoms with E-state index in [1.165, 1.54) is 0 Å². The van der Waals surface area contributed by atoms with Gasteiger partial charge in [-0.25, -0.2) is 8.42 Å². The zero-order valence-electron chi connectivity index (χ0n) is 17.9. The number of amides is 1. The molecule has 0 unspecified atom stereocenters. The third-order valence-electron chi connectivity index (χ3n) is 4.97. The molecule has 3 aromatic carbocycles. The van der Waals surface area contributed by atoms with Gasteiger partial charge in [0.05, 0.1) is 10.3 Å². The number of halogens is 1. The van der Waals surface area contributed by atoms with E-state index in [0.717, 1.165) is 11.1 Å². The second-order valence-corrected chi connectivity index (χ2v) is 10.1. The van der Waals surface area contributed by atoms with Crippen molar-refractivity contribution in [1.82, 2.24) is 0 Å². The quantitative estimate of drug-likeness (QED) is 0.492. The normalized spacial score (nSPS) is 11.9. The van der Waals surface area contributed by atoms with Crippen molar-refractivity contribution in [2.45, 2.75) is 18.7 Å². The second-order valence-electron chi connectivity index (χ2n) is 8.18. The summed E-state index contributed by atoms with van der Waals surface area (Å²) in [7, 11) is 0.0201. The molecule has 8 heteroatoms. The third kappa shape index (κ3) is 4.94. The molecular formula is C23H26ClN3O3S. The number of anilines is 3. The number of alkyl halides is 1. The van der Waals surface area contributed by atoms with Crippen LogP contribution < -0.4 is 14.9 Å². The average molecular weight is 460 g/mol. The van der Waals surface area contributed by atoms with E-state index >= 15 is 0 Å². The maximum atomic E-state index is 13.1. The van der Waals surface area contributed by atoms with Crippen LogP contribution in [0, 0.1) is 5.41 Å². The van der Waals surface area contributed by atoms with E-state index in [4.69, 9.17) is 11.6 Å². The standard InChI is InChI=1S/C23H26ClN3O3S/c1-23(2,15-24)22(28)25-16-11-13-17(14-12-16)26-31(29,30)21-10-6-7-18-19(21)8-5-9-20(18)27(3)4/h5-14,26H,15H2,1-4H3,(H,25,28). The molecule has 0 radical (unpaired) electrons. The number of carbonyl (C=O) groups is 1. The Bertz CT molecular complexity index is 1210. The highest BCUT2D eigenvalue weighted by Crippen LogP contribution is 2.31. The van der Waals surface area contributed by atoms with E-state index in [0.29, 0.717) is 16.8 Å². The van der Waals surface area contributed by atoms with E-state index < -0.39 is 15.4 Å². The van der Waals surface area contributed by atoms with Gasteiger partial charge in [0.1, 0.15) is 0 Å². The first-order valence-electron chi connectivity index (χ1n) is 9.74. The van der Waals surface area contributed by atoms with Gasteiger partial charge in [-0.3, -0.25) is 9.52 Å². The van der Waals surface area contributed by atoms with Gasteiger partial charge in [0, 0.05) is 47.8 Å². The number of nitrogens with one attached hydrogen (secondary N) is 2. The van der Waals surface area contributed by atoms with Crippen molar-refractivity contribution >= 4 is 55.4 Å². The summed E-state index contributed by atoms with van der Waals surface area (Å²) in [5, 5.41) is 4.29. The maximum Gasteiger partial charge on any atom is 0.262 e. The number of hydrogen-bond acceptors (Lipinski definition) is 4. The third-order valence-corrected chi connectivity index (χ3v) is 7.08. The fourth-order valence-corrected chi connectivity index (χ4v) is 4.48. The highest BCUT2D eigenvalue weighted by Gasteiger charge is 2.26. The van der Waals surface area contributed by atoms with E-state index in [9.17, 15) is 13.2 Å². The summed E-state index contributed by atoms with van der Waals surface area (Å²) in [5.74, 6) is -0.0135. The molecule has 3 aromatic rings. The lowest BCUT2D eigenvalue weighted by molar-refractivity contribution is -0.122. The molecule has 0 saturated heterocycles. The molecule has 0 fully saturated rings. The summed E-state index contributed by atoms with van der Waals surface area (Å²) < 4.78 is 28.9. The molecule has 0 aliphatic carbocycles. The summed E-state index contributed by atoms with van der Waals surface area (Å²) in [5.41, 5.74) is 1.19. The number of fused-ring (bicyclic) bond motifs is 1. The number of sulfonamides is 1. The highest BCUT2D eigenvalue weighted by molar-refractivity contribution is 7.93. The number of nitrogens with zero attached hydrogens (tertiary/aromatic N) is 1. The second kappa shape index (κ2) is 8.77. The Morgan fingerprint density at radius 3 is 2.13 bits per heavy atom. The monoisotopic (exact) mass is 459 g/mol. The van der Waals surface area contributed by atoms with Gasteiger partial charge in [-0.15, -0.1) is 11.6 Å². The Labute approximate surface area is 188 Å². The molecule has 164 valence electrons. The molecule has 2 N–H and O–H groups in total. The van der Waals surface area contributed by atoms with Crippen LogP contribution in [0.3, 0.4) is 0 Å². The van der Waals surface area contributed by atoms with Crippen LogP contribution in [0.15, 0.2) is 65.6 Å². The van der Waals surface area contributed by atoms with Crippen LogP contribution in [0.1, 0.15) is 13.8 Å². The average Bonchev–Trinajstić information content (AvgIpc) is 2.73. The first-order chi connectivity index (χ1) is 14.5. The Morgan fingerprint density at radius 1 is 0.935 bits per heavy atom. The molecule has 0 aliphatic rings. The topological polar surface area (TPSA) is 78.5 Å². The molecule has 1 amide bonds. The van der Waals surface area contributed by atoms with Gasteiger partial charge in [0.2, 0.25) is 5.91 Å². The van der Waals surface area contributed by atoms with Crippen molar-refractivity contribution < 1.29 is 13.2 Å². The maximum absolute atomic E-state index is 13.1. The highest BCUT2D eigenvalue weighted by atomic mass is 35.5. The lowest BCUT2D eigenvalue weighted by Crippen LogP contribution is -2.32. The minimum absolute atomic E-state index is 0.192. The van der Waals surface area contributed by atoms with Gasteiger partial charge in [-0.05, 0) is 50.2 Å². The van der Waals surface area contributed by atoms with Gasteiger partial charge < -0.3 is 10.2 Å². The van der Waals surface area contributed by atoms with E-state index in [1.807, 2.05) is 37.2 Å². The van der Waals surface area contributed by atoms with Crippen LogP contribution in [0.4, 0.5) is 17.1 Å². The minimum Gasteiger partial charge on any atom is -0.377 e. The molecular weight excluding hydrogens is 434 g/mol. The molecule has 0 heterocycles. The molecule has 0 bridgehead atoms. The number of carbonyl (C=O) groups excluding carboxylic acids is 1. The van der Waals surface area contributed by atoms with Crippen LogP contribution in [0.2, 0.25) is 0 Å². The fourth-order valence-electron chi connectivity index (χ4n) is 3.08. The van der Waals surface area contributed by atoms with Crippen LogP contribution >= 0.6 is 11.6 Å². The summed E-state index contributed by atoms with van der Waals surface area (Å²) >= 11 is 5.84. The molecule has 31 heavy (non-hydrogen) atoms. The first kappa shape index (κ1) is 22.9. The molecule has 0 spiro atoms. The molecule has 0 atom stereocenters. The van der Waals surface area contributed by atoms with E-state index in [2.05, 4.69) is 10.0 Å². The van der Waals surface area contributed by atoms with Crippen LogP contribution in [-0.2, 0) is 14.8 Å². The molecule has 0 saturated carbocycles. The van der Waals surface area contributed by atoms with Crippen molar-refractivity contribution in [3.63, 3.8) is 0 Å². The summed E-state index contributed by atoms with van der Waals surface area (Å²) in [4.78, 5) is 14.4. The molecule has 6 nitrogen and oxygen atoms in total. The Hall–Kier alpha value is -2.77. The smallest absolute Gasteiger partial charge is 0.262 e. The van der Waals surface area contributed by atoms with Crippen LogP contribution in [0.5, 0.6) is 0 Å². The van der Waals surface area contributed by atoms with Crippen molar-refractivity contribution in [3.8, 4) is 0 Å². The van der Waals surface area contributed by atoms with Crippen molar-refractivity contribution in [2.24, 2.45) is 5.41 Å². The van der Waals surface area contributed by atoms with Crippen molar-refractivity contribution in [1.29, 1.82) is 0 Å². The first-order valence-corrected chi connectivity index (χ1v) is 11.8. The van der Waals surface area contributed by atoms with Gasteiger partial charge in [-0.1, -0.05) is 24.3 Å². The summed E-state index contributed by atoms with van der Waals surface area (Å²) in [6.07, 6.45) is 0. The minimum atomic E-state index is -3.82. The molecule has 0 aromatic heterocycles. The lowest BCUT2D eigenvalue weighted by atomic mass is 9.95. The Balaban J connectivity index is 1.86.